The van der Waals surface area contributed by atoms with Crippen LogP contribution in [-0.4, -0.2) is 30.4 Å². The smallest absolute Gasteiger partial charge is 0.254 e. The van der Waals surface area contributed by atoms with Gasteiger partial charge in [-0.2, -0.15) is 0 Å². The average molecular weight is 353 g/mol. The molecule has 0 spiro atoms. The van der Waals surface area contributed by atoms with Gasteiger partial charge < -0.3 is 10.6 Å². The van der Waals surface area contributed by atoms with Gasteiger partial charge in [-0.1, -0.05) is 30.3 Å². The zero-order chi connectivity index (χ0) is 16.4. The van der Waals surface area contributed by atoms with Crippen molar-refractivity contribution >= 4 is 18.3 Å². The van der Waals surface area contributed by atoms with Crippen LogP contribution in [-0.2, 0) is 0 Å². The first kappa shape index (κ1) is 18.4. The Morgan fingerprint density at radius 3 is 2.29 bits per heavy atom. The van der Waals surface area contributed by atoms with E-state index in [-0.39, 0.29) is 35.7 Å². The maximum absolute atomic E-state index is 13.3. The fraction of sp³-hybridized carbons (Fsp3) is 0.278. The molecule has 0 aliphatic carbocycles. The predicted octanol–water partition coefficient (Wildman–Crippen LogP) is 3.20. The van der Waals surface area contributed by atoms with Crippen LogP contribution in [0, 0.1) is 17.6 Å². The first-order valence-electron chi connectivity index (χ1n) is 7.59. The fourth-order valence-electron chi connectivity index (χ4n) is 3.21. The first-order chi connectivity index (χ1) is 11.1. The lowest BCUT2D eigenvalue weighted by molar-refractivity contribution is 0.0785. The Hall–Kier alpha value is -1.98. The molecule has 0 aromatic heterocycles. The van der Waals surface area contributed by atoms with E-state index in [1.165, 1.54) is 0 Å². The van der Waals surface area contributed by atoms with Crippen molar-refractivity contribution in [3.63, 3.8) is 0 Å². The van der Waals surface area contributed by atoms with E-state index < -0.39 is 11.6 Å². The molecule has 2 aromatic carbocycles. The van der Waals surface area contributed by atoms with Gasteiger partial charge in [-0.15, -0.1) is 12.4 Å². The van der Waals surface area contributed by atoms with E-state index in [0.29, 0.717) is 19.6 Å². The molecule has 0 saturated carbocycles. The first-order valence-corrected chi connectivity index (χ1v) is 7.59. The number of carbonyl (C=O) groups is 1. The molecule has 0 unspecified atom stereocenters. The van der Waals surface area contributed by atoms with Crippen molar-refractivity contribution < 1.29 is 13.6 Å². The van der Waals surface area contributed by atoms with Crippen LogP contribution in [0.2, 0.25) is 0 Å². The number of hydrogen-bond acceptors (Lipinski definition) is 2. The Morgan fingerprint density at radius 2 is 1.71 bits per heavy atom. The predicted molar refractivity (Wildman–Crippen MR) is 91.2 cm³/mol. The quantitative estimate of drug-likeness (QED) is 0.922. The normalized spacial score (nSPS) is 19.9. The van der Waals surface area contributed by atoms with E-state index in [0.717, 1.165) is 23.8 Å². The van der Waals surface area contributed by atoms with Crippen LogP contribution in [0.4, 0.5) is 8.78 Å². The molecule has 1 heterocycles. The number of amides is 1. The van der Waals surface area contributed by atoms with Gasteiger partial charge in [-0.05, 0) is 30.2 Å². The van der Waals surface area contributed by atoms with E-state index in [9.17, 15) is 13.6 Å². The largest absolute Gasteiger partial charge is 0.338 e. The lowest BCUT2D eigenvalue weighted by Crippen LogP contribution is -2.30. The number of nitrogens with two attached hydrogens (primary N) is 1. The van der Waals surface area contributed by atoms with Crippen molar-refractivity contribution in [1.82, 2.24) is 4.90 Å². The van der Waals surface area contributed by atoms with Crippen LogP contribution in [0.15, 0.2) is 48.5 Å². The lowest BCUT2D eigenvalue weighted by atomic mass is 9.89. The molecular formula is C18H19ClF2N2O. The molecule has 6 heteroatoms. The number of benzene rings is 2. The van der Waals surface area contributed by atoms with Crippen molar-refractivity contribution in [3.05, 3.63) is 71.3 Å². The molecule has 1 aliphatic heterocycles. The topological polar surface area (TPSA) is 46.3 Å². The minimum atomic E-state index is -0.748. The number of hydrogen-bond donors (Lipinski definition) is 1. The number of likely N-dealkylation sites (tertiary alicyclic amines) is 1. The summed E-state index contributed by atoms with van der Waals surface area (Å²) in [7, 11) is 0. The van der Waals surface area contributed by atoms with Crippen molar-refractivity contribution in [2.75, 3.05) is 19.6 Å². The van der Waals surface area contributed by atoms with E-state index in [4.69, 9.17) is 5.73 Å². The molecule has 0 bridgehead atoms. The van der Waals surface area contributed by atoms with Gasteiger partial charge in [0.1, 0.15) is 11.6 Å². The summed E-state index contributed by atoms with van der Waals surface area (Å²) in [5.41, 5.74) is 7.02. The summed E-state index contributed by atoms with van der Waals surface area (Å²) in [6, 6.07) is 12.8. The zero-order valence-corrected chi connectivity index (χ0v) is 13.8. The Labute approximate surface area is 145 Å². The summed E-state index contributed by atoms with van der Waals surface area (Å²) < 4.78 is 26.7. The molecule has 1 amide bonds. The summed E-state index contributed by atoms with van der Waals surface area (Å²) in [5, 5.41) is 0. The molecule has 1 saturated heterocycles. The summed E-state index contributed by atoms with van der Waals surface area (Å²) in [4.78, 5) is 14.2. The standard InChI is InChI=1S/C18H18F2N2O.ClH/c19-15-6-13(7-16(20)8-15)18(23)22-10-14(9-21)17(11-22)12-4-2-1-3-5-12;/h1-8,14,17H,9-11,21H2;1H/t14-,17+;/m1./s1. The maximum Gasteiger partial charge on any atom is 0.254 e. The Bertz CT molecular complexity index is 691. The Balaban J connectivity index is 0.00000208. The maximum atomic E-state index is 13.3. The second-order valence-electron chi connectivity index (χ2n) is 5.88. The monoisotopic (exact) mass is 352 g/mol. The average Bonchev–Trinajstić information content (AvgIpc) is 2.98. The Morgan fingerprint density at radius 1 is 1.08 bits per heavy atom. The minimum Gasteiger partial charge on any atom is -0.338 e. The highest BCUT2D eigenvalue weighted by atomic mass is 35.5. The molecule has 3 rings (SSSR count). The van der Waals surface area contributed by atoms with Gasteiger partial charge in [0.15, 0.2) is 0 Å². The van der Waals surface area contributed by atoms with Gasteiger partial charge in [0, 0.05) is 30.6 Å². The van der Waals surface area contributed by atoms with E-state index in [1.807, 2.05) is 30.3 Å². The van der Waals surface area contributed by atoms with Crippen LogP contribution in [0.1, 0.15) is 21.8 Å². The van der Waals surface area contributed by atoms with Crippen LogP contribution >= 0.6 is 12.4 Å². The van der Waals surface area contributed by atoms with Crippen LogP contribution in [0.5, 0.6) is 0 Å². The number of nitrogens with zero attached hydrogens (tertiary/aromatic N) is 1. The minimum absolute atomic E-state index is 0. The van der Waals surface area contributed by atoms with Crippen molar-refractivity contribution in [2.24, 2.45) is 11.7 Å². The molecule has 2 aromatic rings. The van der Waals surface area contributed by atoms with Crippen LogP contribution in [0.3, 0.4) is 0 Å². The molecule has 1 fully saturated rings. The van der Waals surface area contributed by atoms with Gasteiger partial charge in [0.2, 0.25) is 0 Å². The van der Waals surface area contributed by atoms with Gasteiger partial charge in [-0.25, -0.2) is 8.78 Å². The number of rotatable bonds is 3. The van der Waals surface area contributed by atoms with Crippen molar-refractivity contribution in [3.8, 4) is 0 Å². The second kappa shape index (κ2) is 7.73. The highest BCUT2D eigenvalue weighted by Gasteiger charge is 2.35. The third-order valence-corrected chi connectivity index (χ3v) is 4.37. The summed E-state index contributed by atoms with van der Waals surface area (Å²) >= 11 is 0. The number of halogens is 3. The third kappa shape index (κ3) is 3.74. The van der Waals surface area contributed by atoms with E-state index in [1.54, 1.807) is 4.90 Å². The summed E-state index contributed by atoms with van der Waals surface area (Å²) in [5.74, 6) is -1.58. The second-order valence-corrected chi connectivity index (χ2v) is 5.88. The van der Waals surface area contributed by atoms with Gasteiger partial charge in [-0.3, -0.25) is 4.79 Å². The third-order valence-electron chi connectivity index (χ3n) is 4.37. The molecular weight excluding hydrogens is 334 g/mol. The SMILES string of the molecule is Cl.NC[C@@H]1CN(C(=O)c2cc(F)cc(F)c2)C[C@H]1c1ccccc1. The molecule has 2 N–H and O–H groups in total. The summed E-state index contributed by atoms with van der Waals surface area (Å²) in [6.45, 7) is 1.46. The highest BCUT2D eigenvalue weighted by molar-refractivity contribution is 5.94. The molecule has 0 radical (unpaired) electrons. The molecule has 2 atom stereocenters. The Kier molecular flexibility index (Phi) is 5.91. The van der Waals surface area contributed by atoms with Gasteiger partial charge >= 0.3 is 0 Å². The number of carbonyl (C=O) groups excluding carboxylic acids is 1. The lowest BCUT2D eigenvalue weighted by Gasteiger charge is -2.17. The van der Waals surface area contributed by atoms with Gasteiger partial charge in [0.25, 0.3) is 5.91 Å². The summed E-state index contributed by atoms with van der Waals surface area (Å²) in [6.07, 6.45) is 0. The fourth-order valence-corrected chi connectivity index (χ4v) is 3.21. The van der Waals surface area contributed by atoms with E-state index in [2.05, 4.69) is 0 Å². The van der Waals surface area contributed by atoms with Crippen molar-refractivity contribution in [1.29, 1.82) is 0 Å². The molecule has 1 aliphatic rings. The van der Waals surface area contributed by atoms with Crippen LogP contribution < -0.4 is 5.73 Å². The molecule has 3 nitrogen and oxygen atoms in total. The molecule has 128 valence electrons. The van der Waals surface area contributed by atoms with E-state index >= 15 is 0 Å². The zero-order valence-electron chi connectivity index (χ0n) is 13.0. The van der Waals surface area contributed by atoms with Crippen molar-refractivity contribution in [2.45, 2.75) is 5.92 Å². The molecule has 24 heavy (non-hydrogen) atoms. The highest BCUT2D eigenvalue weighted by Crippen LogP contribution is 2.32. The van der Waals surface area contributed by atoms with Gasteiger partial charge in [0.05, 0.1) is 0 Å². The van der Waals surface area contributed by atoms with Crippen LogP contribution in [0.25, 0.3) is 0 Å².